The second kappa shape index (κ2) is 4.14. The van der Waals surface area contributed by atoms with Crippen molar-refractivity contribution >= 4 is 37.3 Å². The predicted octanol–water partition coefficient (Wildman–Crippen LogP) is 1.28. The lowest BCUT2D eigenvalue weighted by Gasteiger charge is -2.32. The van der Waals surface area contributed by atoms with Crippen molar-refractivity contribution in [3.63, 3.8) is 0 Å². The van der Waals surface area contributed by atoms with E-state index in [0.717, 1.165) is 16.6 Å². The van der Waals surface area contributed by atoms with Gasteiger partial charge in [0.05, 0.1) is 3.79 Å². The first kappa shape index (κ1) is 11.5. The van der Waals surface area contributed by atoms with E-state index < -0.39 is 10.0 Å². The molecule has 1 aliphatic rings. The van der Waals surface area contributed by atoms with Crippen molar-refractivity contribution in [2.45, 2.75) is 29.1 Å². The van der Waals surface area contributed by atoms with Gasteiger partial charge in [0.1, 0.15) is 4.21 Å². The van der Waals surface area contributed by atoms with Crippen LogP contribution in [0.25, 0.3) is 0 Å². The lowest BCUT2D eigenvalue weighted by atomic mass is 9.89. The van der Waals surface area contributed by atoms with Gasteiger partial charge in [-0.25, -0.2) is 13.1 Å². The first-order chi connectivity index (χ1) is 6.97. The van der Waals surface area contributed by atoms with Gasteiger partial charge >= 0.3 is 0 Å². The van der Waals surface area contributed by atoms with Gasteiger partial charge in [-0.15, -0.1) is 11.3 Å². The molecule has 1 aromatic rings. The van der Waals surface area contributed by atoms with Gasteiger partial charge in [-0.05, 0) is 40.9 Å². The maximum atomic E-state index is 11.8. The minimum Gasteiger partial charge on any atom is -0.328 e. The fourth-order valence-corrected chi connectivity index (χ4v) is 4.77. The standard InChI is InChI=1S/C8H11BrN2O2S2/c9-7-1-2-8(14-7)15(12,13)11-6-3-5(10)4-6/h1-2,5-6,11H,3-4,10H2. The zero-order chi connectivity index (χ0) is 11.1. The molecule has 2 rings (SSSR count). The third-order valence-electron chi connectivity index (χ3n) is 2.31. The summed E-state index contributed by atoms with van der Waals surface area (Å²) in [5.74, 6) is 0. The van der Waals surface area contributed by atoms with E-state index in [1.165, 1.54) is 11.3 Å². The first-order valence-electron chi connectivity index (χ1n) is 4.50. The molecule has 1 fully saturated rings. The van der Waals surface area contributed by atoms with Gasteiger partial charge in [0.15, 0.2) is 0 Å². The fourth-order valence-electron chi connectivity index (χ4n) is 1.48. The molecule has 0 radical (unpaired) electrons. The molecule has 0 unspecified atom stereocenters. The van der Waals surface area contributed by atoms with Crippen LogP contribution in [0.3, 0.4) is 0 Å². The van der Waals surface area contributed by atoms with Gasteiger partial charge < -0.3 is 5.73 Å². The molecule has 0 amide bonds. The van der Waals surface area contributed by atoms with E-state index >= 15 is 0 Å². The molecule has 1 saturated carbocycles. The fraction of sp³-hybridized carbons (Fsp3) is 0.500. The Hall–Kier alpha value is 0.0500. The highest BCUT2D eigenvalue weighted by atomic mass is 79.9. The molecule has 0 bridgehead atoms. The maximum Gasteiger partial charge on any atom is 0.250 e. The molecule has 3 N–H and O–H groups in total. The van der Waals surface area contributed by atoms with E-state index in [2.05, 4.69) is 20.7 Å². The number of hydrogen-bond acceptors (Lipinski definition) is 4. The van der Waals surface area contributed by atoms with Crippen LogP contribution >= 0.6 is 27.3 Å². The van der Waals surface area contributed by atoms with Crippen LogP contribution in [-0.4, -0.2) is 20.5 Å². The number of sulfonamides is 1. The first-order valence-corrected chi connectivity index (χ1v) is 7.60. The molecule has 0 aromatic carbocycles. The Bertz CT molecular complexity index is 451. The van der Waals surface area contributed by atoms with Crippen LogP contribution in [0.2, 0.25) is 0 Å². The summed E-state index contributed by atoms with van der Waals surface area (Å²) < 4.78 is 27.4. The molecule has 15 heavy (non-hydrogen) atoms. The Kier molecular flexibility index (Phi) is 3.18. The zero-order valence-corrected chi connectivity index (χ0v) is 11.0. The average Bonchev–Trinajstić information content (AvgIpc) is 2.49. The molecular formula is C8H11BrN2O2S2. The van der Waals surface area contributed by atoms with E-state index in [-0.39, 0.29) is 12.1 Å². The second-order valence-electron chi connectivity index (χ2n) is 3.61. The summed E-state index contributed by atoms with van der Waals surface area (Å²) in [4.78, 5) is 0. The van der Waals surface area contributed by atoms with Crippen molar-refractivity contribution in [2.75, 3.05) is 0 Å². The van der Waals surface area contributed by atoms with Crippen molar-refractivity contribution in [2.24, 2.45) is 5.73 Å². The molecule has 1 heterocycles. The van der Waals surface area contributed by atoms with Crippen LogP contribution in [0.5, 0.6) is 0 Å². The van der Waals surface area contributed by atoms with Crippen molar-refractivity contribution in [1.82, 2.24) is 4.72 Å². The van der Waals surface area contributed by atoms with E-state index in [1.54, 1.807) is 12.1 Å². The van der Waals surface area contributed by atoms with Crippen LogP contribution in [-0.2, 0) is 10.0 Å². The number of hydrogen-bond donors (Lipinski definition) is 2. The normalized spacial score (nSPS) is 26.3. The van der Waals surface area contributed by atoms with Crippen molar-refractivity contribution < 1.29 is 8.42 Å². The summed E-state index contributed by atoms with van der Waals surface area (Å²) in [6.45, 7) is 0. The third-order valence-corrected chi connectivity index (χ3v) is 5.95. The highest BCUT2D eigenvalue weighted by molar-refractivity contribution is 9.11. The second-order valence-corrected chi connectivity index (χ2v) is 8.01. The van der Waals surface area contributed by atoms with E-state index in [4.69, 9.17) is 5.73 Å². The summed E-state index contributed by atoms with van der Waals surface area (Å²) in [5, 5.41) is 0. The number of halogens is 1. The Morgan fingerprint density at radius 1 is 1.47 bits per heavy atom. The van der Waals surface area contributed by atoms with Crippen LogP contribution in [0.15, 0.2) is 20.1 Å². The molecule has 84 valence electrons. The van der Waals surface area contributed by atoms with Gasteiger partial charge in [-0.2, -0.15) is 0 Å². The van der Waals surface area contributed by atoms with Crippen LogP contribution in [0, 0.1) is 0 Å². The SMILES string of the molecule is NC1CC(NS(=O)(=O)c2ccc(Br)s2)C1. The molecule has 1 aromatic heterocycles. The number of rotatable bonds is 3. The van der Waals surface area contributed by atoms with E-state index in [0.29, 0.717) is 4.21 Å². The monoisotopic (exact) mass is 310 g/mol. The molecule has 1 aliphatic carbocycles. The van der Waals surface area contributed by atoms with Gasteiger partial charge in [-0.1, -0.05) is 0 Å². The van der Waals surface area contributed by atoms with Gasteiger partial charge in [0.25, 0.3) is 0 Å². The van der Waals surface area contributed by atoms with Crippen LogP contribution in [0.1, 0.15) is 12.8 Å². The number of thiophene rings is 1. The lowest BCUT2D eigenvalue weighted by Crippen LogP contribution is -2.50. The molecule has 0 saturated heterocycles. The lowest BCUT2D eigenvalue weighted by molar-refractivity contribution is 0.327. The Labute approximate surface area is 101 Å². The summed E-state index contributed by atoms with van der Waals surface area (Å²) in [5.41, 5.74) is 5.59. The van der Waals surface area contributed by atoms with Gasteiger partial charge in [0.2, 0.25) is 10.0 Å². The molecule has 0 spiro atoms. The molecule has 4 nitrogen and oxygen atoms in total. The van der Waals surface area contributed by atoms with E-state index in [1.807, 2.05) is 0 Å². The summed E-state index contributed by atoms with van der Waals surface area (Å²) in [6, 6.07) is 3.47. The Balaban J connectivity index is 2.07. The summed E-state index contributed by atoms with van der Waals surface area (Å²) in [7, 11) is -3.34. The number of nitrogens with two attached hydrogens (primary N) is 1. The largest absolute Gasteiger partial charge is 0.328 e. The summed E-state index contributed by atoms with van der Waals surface area (Å²) in [6.07, 6.45) is 1.46. The minimum absolute atomic E-state index is 0.00544. The highest BCUT2D eigenvalue weighted by Gasteiger charge is 2.30. The quantitative estimate of drug-likeness (QED) is 0.883. The number of nitrogens with one attached hydrogen (secondary N) is 1. The van der Waals surface area contributed by atoms with E-state index in [9.17, 15) is 8.42 Å². The summed E-state index contributed by atoms with van der Waals surface area (Å²) >= 11 is 4.44. The van der Waals surface area contributed by atoms with Crippen molar-refractivity contribution in [3.8, 4) is 0 Å². The van der Waals surface area contributed by atoms with Crippen LogP contribution < -0.4 is 10.5 Å². The predicted molar refractivity (Wildman–Crippen MR) is 63.3 cm³/mol. The maximum absolute atomic E-state index is 11.8. The zero-order valence-electron chi connectivity index (χ0n) is 7.81. The highest BCUT2D eigenvalue weighted by Crippen LogP contribution is 2.27. The van der Waals surface area contributed by atoms with Crippen molar-refractivity contribution in [1.29, 1.82) is 0 Å². The minimum atomic E-state index is -3.34. The molecule has 0 atom stereocenters. The van der Waals surface area contributed by atoms with Gasteiger partial charge in [0, 0.05) is 12.1 Å². The third kappa shape index (κ3) is 2.59. The van der Waals surface area contributed by atoms with Crippen molar-refractivity contribution in [3.05, 3.63) is 15.9 Å². The van der Waals surface area contributed by atoms with Crippen LogP contribution in [0.4, 0.5) is 0 Å². The Morgan fingerprint density at radius 2 is 2.13 bits per heavy atom. The smallest absolute Gasteiger partial charge is 0.250 e. The molecule has 7 heteroatoms. The van der Waals surface area contributed by atoms with Gasteiger partial charge in [-0.3, -0.25) is 0 Å². The molecule has 0 aliphatic heterocycles. The Morgan fingerprint density at radius 3 is 2.60 bits per heavy atom. The molecular weight excluding hydrogens is 300 g/mol. The topological polar surface area (TPSA) is 72.2 Å². The average molecular weight is 311 g/mol.